The molecule has 1 N–H and O–H groups in total. The van der Waals surface area contributed by atoms with Crippen LogP contribution in [-0.2, 0) is 11.3 Å². The summed E-state index contributed by atoms with van der Waals surface area (Å²) in [5.74, 6) is 0.141. The van der Waals surface area contributed by atoms with Gasteiger partial charge in [-0.05, 0) is 30.5 Å². The van der Waals surface area contributed by atoms with E-state index in [1.807, 2.05) is 12.1 Å². The Morgan fingerprint density at radius 3 is 2.88 bits per heavy atom. The minimum absolute atomic E-state index is 0.0191. The van der Waals surface area contributed by atoms with Gasteiger partial charge in [0, 0.05) is 25.4 Å². The van der Waals surface area contributed by atoms with Gasteiger partial charge in [-0.15, -0.1) is 0 Å². The van der Waals surface area contributed by atoms with E-state index in [-0.39, 0.29) is 18.6 Å². The zero-order valence-electron chi connectivity index (χ0n) is 9.17. The maximum Gasteiger partial charge on any atom is 0.223 e. The second-order valence-electron chi connectivity index (χ2n) is 4.11. The van der Waals surface area contributed by atoms with Crippen molar-refractivity contribution in [2.45, 2.75) is 31.8 Å². The number of aliphatic hydroxyl groups excluding tert-OH is 1. The predicted molar refractivity (Wildman–Crippen MR) is 59.5 cm³/mol. The Morgan fingerprint density at radius 2 is 2.19 bits per heavy atom. The quantitative estimate of drug-likeness (QED) is 0.825. The average molecular weight is 220 g/mol. The first-order chi connectivity index (χ1) is 7.81. The van der Waals surface area contributed by atoms with Gasteiger partial charge in [0.2, 0.25) is 5.91 Å². The molecule has 4 heteroatoms. The van der Waals surface area contributed by atoms with Crippen LogP contribution in [0, 0.1) is 0 Å². The topological polar surface area (TPSA) is 53.4 Å². The summed E-state index contributed by atoms with van der Waals surface area (Å²) in [4.78, 5) is 17.5. The molecule has 2 heterocycles. The molecule has 0 aliphatic carbocycles. The zero-order valence-corrected chi connectivity index (χ0v) is 9.17. The molecule has 1 fully saturated rings. The van der Waals surface area contributed by atoms with Gasteiger partial charge in [0.05, 0.1) is 12.6 Å². The molecule has 0 radical (unpaired) electrons. The van der Waals surface area contributed by atoms with Gasteiger partial charge in [-0.2, -0.15) is 0 Å². The molecule has 0 saturated carbocycles. The van der Waals surface area contributed by atoms with Crippen molar-refractivity contribution in [3.8, 4) is 0 Å². The van der Waals surface area contributed by atoms with Gasteiger partial charge in [0.1, 0.15) is 0 Å². The molecule has 1 aliphatic rings. The maximum atomic E-state index is 11.8. The standard InChI is InChI=1S/C12H16N2O2/c15-9-11-2-1-3-12(16)14(11)8-10-4-6-13-7-5-10/h4-7,11,15H,1-3,8-9H2/t11-/m0/s1. The van der Waals surface area contributed by atoms with E-state index in [0.29, 0.717) is 13.0 Å². The lowest BCUT2D eigenvalue weighted by molar-refractivity contribution is -0.138. The Bertz CT molecular complexity index is 353. The number of aliphatic hydroxyl groups is 1. The van der Waals surface area contributed by atoms with Crippen molar-refractivity contribution >= 4 is 5.91 Å². The van der Waals surface area contributed by atoms with Gasteiger partial charge in [0.25, 0.3) is 0 Å². The number of amides is 1. The maximum absolute atomic E-state index is 11.8. The summed E-state index contributed by atoms with van der Waals surface area (Å²) >= 11 is 0. The fourth-order valence-corrected chi connectivity index (χ4v) is 2.08. The van der Waals surface area contributed by atoms with Gasteiger partial charge in [-0.3, -0.25) is 9.78 Å². The molecule has 1 amide bonds. The highest BCUT2D eigenvalue weighted by molar-refractivity contribution is 5.77. The number of pyridine rings is 1. The molecule has 4 nitrogen and oxygen atoms in total. The summed E-state index contributed by atoms with van der Waals surface area (Å²) in [6.45, 7) is 0.628. The average Bonchev–Trinajstić information content (AvgIpc) is 2.33. The lowest BCUT2D eigenvalue weighted by Crippen LogP contribution is -2.44. The van der Waals surface area contributed by atoms with Crippen LogP contribution >= 0.6 is 0 Å². The van der Waals surface area contributed by atoms with E-state index >= 15 is 0 Å². The van der Waals surface area contributed by atoms with Crippen LogP contribution in [0.3, 0.4) is 0 Å². The normalized spacial score (nSPS) is 21.2. The van der Waals surface area contributed by atoms with E-state index in [9.17, 15) is 9.90 Å². The fourth-order valence-electron chi connectivity index (χ4n) is 2.08. The van der Waals surface area contributed by atoms with E-state index in [1.54, 1.807) is 17.3 Å². The molecule has 2 rings (SSSR count). The Morgan fingerprint density at radius 1 is 1.44 bits per heavy atom. The van der Waals surface area contributed by atoms with E-state index in [2.05, 4.69) is 4.98 Å². The van der Waals surface area contributed by atoms with Crippen molar-refractivity contribution in [2.24, 2.45) is 0 Å². The van der Waals surface area contributed by atoms with Crippen molar-refractivity contribution in [1.82, 2.24) is 9.88 Å². The second kappa shape index (κ2) is 5.07. The highest BCUT2D eigenvalue weighted by atomic mass is 16.3. The van der Waals surface area contributed by atoms with Gasteiger partial charge in [-0.25, -0.2) is 0 Å². The van der Waals surface area contributed by atoms with Gasteiger partial charge >= 0.3 is 0 Å². The number of likely N-dealkylation sites (tertiary alicyclic amines) is 1. The zero-order chi connectivity index (χ0) is 11.4. The van der Waals surface area contributed by atoms with Crippen molar-refractivity contribution in [2.75, 3.05) is 6.61 Å². The number of hydrogen-bond acceptors (Lipinski definition) is 3. The first-order valence-corrected chi connectivity index (χ1v) is 5.60. The van der Waals surface area contributed by atoms with Crippen LogP contribution in [-0.4, -0.2) is 33.5 Å². The SMILES string of the molecule is O=C1CCC[C@@H](CO)N1Cc1ccncc1. The highest BCUT2D eigenvalue weighted by Crippen LogP contribution is 2.20. The van der Waals surface area contributed by atoms with Crippen molar-refractivity contribution in [3.63, 3.8) is 0 Å². The molecule has 0 bridgehead atoms. The number of rotatable bonds is 3. The van der Waals surface area contributed by atoms with E-state index in [0.717, 1.165) is 18.4 Å². The van der Waals surface area contributed by atoms with Gasteiger partial charge in [-0.1, -0.05) is 0 Å². The van der Waals surface area contributed by atoms with Crippen LogP contribution < -0.4 is 0 Å². The summed E-state index contributed by atoms with van der Waals surface area (Å²) in [6.07, 6.45) is 5.82. The Kier molecular flexibility index (Phi) is 3.51. The molecular formula is C12H16N2O2. The third kappa shape index (κ3) is 2.39. The molecule has 1 aromatic heterocycles. The first-order valence-electron chi connectivity index (χ1n) is 5.60. The van der Waals surface area contributed by atoms with Crippen molar-refractivity contribution in [3.05, 3.63) is 30.1 Å². The van der Waals surface area contributed by atoms with Gasteiger partial charge < -0.3 is 10.0 Å². The molecule has 1 atom stereocenters. The number of carbonyl (C=O) groups excluding carboxylic acids is 1. The lowest BCUT2D eigenvalue weighted by atomic mass is 10.0. The van der Waals surface area contributed by atoms with E-state index < -0.39 is 0 Å². The van der Waals surface area contributed by atoms with E-state index in [4.69, 9.17) is 0 Å². The molecule has 0 spiro atoms. The minimum atomic E-state index is -0.0191. The van der Waals surface area contributed by atoms with Crippen molar-refractivity contribution in [1.29, 1.82) is 0 Å². The van der Waals surface area contributed by atoms with Crippen LogP contribution in [0.5, 0.6) is 0 Å². The van der Waals surface area contributed by atoms with Gasteiger partial charge in [0.15, 0.2) is 0 Å². The smallest absolute Gasteiger partial charge is 0.223 e. The second-order valence-corrected chi connectivity index (χ2v) is 4.11. The first kappa shape index (κ1) is 11.1. The van der Waals surface area contributed by atoms with Crippen LogP contribution in [0.15, 0.2) is 24.5 Å². The third-order valence-electron chi connectivity index (χ3n) is 3.00. The summed E-state index contributed by atoms with van der Waals surface area (Å²) in [5.41, 5.74) is 1.06. The number of hydrogen-bond donors (Lipinski definition) is 1. The van der Waals surface area contributed by atoms with Crippen LogP contribution in [0.4, 0.5) is 0 Å². The summed E-state index contributed by atoms with van der Waals surface area (Å²) in [5, 5.41) is 9.25. The Balaban J connectivity index is 2.08. The number of nitrogens with zero attached hydrogens (tertiary/aromatic N) is 2. The largest absolute Gasteiger partial charge is 0.394 e. The number of carbonyl (C=O) groups is 1. The van der Waals surface area contributed by atoms with E-state index in [1.165, 1.54) is 0 Å². The number of aromatic nitrogens is 1. The Labute approximate surface area is 94.9 Å². The Hall–Kier alpha value is -1.42. The van der Waals surface area contributed by atoms with Crippen molar-refractivity contribution < 1.29 is 9.90 Å². The molecule has 1 aromatic rings. The highest BCUT2D eigenvalue weighted by Gasteiger charge is 2.27. The summed E-state index contributed by atoms with van der Waals surface area (Å²) < 4.78 is 0. The molecule has 1 aliphatic heterocycles. The molecule has 0 unspecified atom stereocenters. The molecular weight excluding hydrogens is 204 g/mol. The minimum Gasteiger partial charge on any atom is -0.394 e. The lowest BCUT2D eigenvalue weighted by Gasteiger charge is -2.34. The molecule has 0 aromatic carbocycles. The molecule has 16 heavy (non-hydrogen) atoms. The van der Waals surface area contributed by atoms with Crippen LogP contribution in [0.25, 0.3) is 0 Å². The van der Waals surface area contributed by atoms with Crippen LogP contribution in [0.2, 0.25) is 0 Å². The number of piperidine rings is 1. The predicted octanol–water partition coefficient (Wildman–Crippen LogP) is 0.955. The monoisotopic (exact) mass is 220 g/mol. The summed E-state index contributed by atoms with van der Waals surface area (Å²) in [6, 6.07) is 3.78. The summed E-state index contributed by atoms with van der Waals surface area (Å²) in [7, 11) is 0. The molecule has 86 valence electrons. The molecule has 1 saturated heterocycles. The fraction of sp³-hybridized carbons (Fsp3) is 0.500. The third-order valence-corrected chi connectivity index (χ3v) is 3.00. The van der Waals surface area contributed by atoms with Crippen LogP contribution in [0.1, 0.15) is 24.8 Å².